The fourth-order valence-electron chi connectivity index (χ4n) is 3.90. The lowest BCUT2D eigenvalue weighted by atomic mass is 10.0. The summed E-state index contributed by atoms with van der Waals surface area (Å²) in [6.07, 6.45) is 3.22. The molecule has 152 valence electrons. The molecule has 3 aromatic heterocycles. The molecule has 3 heterocycles. The van der Waals surface area contributed by atoms with Crippen LogP contribution in [0.15, 0.2) is 65.4 Å². The molecule has 7 nitrogen and oxygen atoms in total. The van der Waals surface area contributed by atoms with Gasteiger partial charge in [-0.1, -0.05) is 41.6 Å². The average molecular weight is 409 g/mol. The van der Waals surface area contributed by atoms with E-state index in [-0.39, 0.29) is 0 Å². The van der Waals surface area contributed by atoms with Crippen molar-refractivity contribution in [3.63, 3.8) is 0 Å². The Morgan fingerprint density at radius 2 is 1.87 bits per heavy atom. The fourth-order valence-corrected chi connectivity index (χ4v) is 3.90. The zero-order valence-electron chi connectivity index (χ0n) is 17.0. The van der Waals surface area contributed by atoms with E-state index >= 15 is 0 Å². The quantitative estimate of drug-likeness (QED) is 0.437. The normalized spacial score (nSPS) is 11.2. The summed E-state index contributed by atoms with van der Waals surface area (Å²) in [5.41, 5.74) is 9.93. The van der Waals surface area contributed by atoms with Crippen LogP contribution in [0.4, 0.5) is 11.5 Å². The van der Waals surface area contributed by atoms with Crippen LogP contribution in [-0.4, -0.2) is 21.0 Å². The van der Waals surface area contributed by atoms with Crippen molar-refractivity contribution in [2.45, 2.75) is 13.8 Å². The summed E-state index contributed by atoms with van der Waals surface area (Å²) in [7, 11) is 0. The largest absolute Gasteiger partial charge is 0.365 e. The van der Waals surface area contributed by atoms with Gasteiger partial charge < -0.3 is 15.6 Å². The monoisotopic (exact) mass is 409 g/mol. The highest BCUT2D eigenvalue weighted by Gasteiger charge is 2.17. The van der Waals surface area contributed by atoms with Gasteiger partial charge in [0, 0.05) is 28.7 Å². The first kappa shape index (κ1) is 18.7. The summed E-state index contributed by atoms with van der Waals surface area (Å²) < 4.78 is 5.30. The van der Waals surface area contributed by atoms with E-state index in [9.17, 15) is 4.79 Å². The zero-order chi connectivity index (χ0) is 21.5. The van der Waals surface area contributed by atoms with E-state index in [1.807, 2.05) is 62.4 Å². The lowest BCUT2D eigenvalue weighted by Crippen LogP contribution is -2.14. The third-order valence-corrected chi connectivity index (χ3v) is 5.37. The van der Waals surface area contributed by atoms with Crippen molar-refractivity contribution >= 4 is 39.1 Å². The number of amides is 1. The number of rotatable bonds is 4. The summed E-state index contributed by atoms with van der Waals surface area (Å²) >= 11 is 0. The first-order valence-electron chi connectivity index (χ1n) is 9.79. The van der Waals surface area contributed by atoms with Gasteiger partial charge in [0.15, 0.2) is 0 Å². The van der Waals surface area contributed by atoms with Crippen LogP contribution in [-0.2, 0) is 0 Å². The maximum absolute atomic E-state index is 12.2. The molecule has 0 fully saturated rings. The zero-order valence-corrected chi connectivity index (χ0v) is 17.0. The molecule has 2 aromatic carbocycles. The number of nitrogens with one attached hydrogen (secondary N) is 1. The second-order valence-corrected chi connectivity index (χ2v) is 7.35. The number of benzene rings is 2. The molecule has 0 saturated carbocycles. The number of primary amides is 1. The first-order chi connectivity index (χ1) is 15.0. The number of hydrogen-bond donors (Lipinski definition) is 2. The minimum atomic E-state index is -0.563. The van der Waals surface area contributed by atoms with Gasteiger partial charge in [0.2, 0.25) is 0 Å². The van der Waals surface area contributed by atoms with E-state index < -0.39 is 5.91 Å². The Labute approximate surface area is 177 Å². The maximum Gasteiger partial charge on any atom is 0.252 e. The maximum atomic E-state index is 12.2. The Kier molecular flexibility index (Phi) is 4.36. The predicted octanol–water partition coefficient (Wildman–Crippen LogP) is 4.90. The Morgan fingerprint density at radius 1 is 1.03 bits per heavy atom. The molecule has 0 spiro atoms. The van der Waals surface area contributed by atoms with Crippen molar-refractivity contribution in [2.24, 2.45) is 5.73 Å². The molecule has 0 radical (unpaired) electrons. The van der Waals surface area contributed by atoms with Crippen molar-refractivity contribution in [1.29, 1.82) is 0 Å². The van der Waals surface area contributed by atoms with Gasteiger partial charge in [-0.05, 0) is 36.9 Å². The van der Waals surface area contributed by atoms with Crippen LogP contribution in [0.2, 0.25) is 0 Å². The molecule has 1 amide bonds. The van der Waals surface area contributed by atoms with Crippen molar-refractivity contribution in [3.8, 4) is 11.1 Å². The van der Waals surface area contributed by atoms with Crippen LogP contribution in [0.1, 0.15) is 21.8 Å². The molecule has 0 saturated heterocycles. The molecule has 0 atom stereocenters. The number of aryl methyl sites for hydroxylation is 2. The number of aromatic nitrogens is 3. The summed E-state index contributed by atoms with van der Waals surface area (Å²) in [5.74, 6) is 0.818. The van der Waals surface area contributed by atoms with E-state index in [0.29, 0.717) is 22.6 Å². The number of nitrogens with zero attached hydrogens (tertiary/aromatic N) is 3. The second-order valence-electron chi connectivity index (χ2n) is 7.35. The van der Waals surface area contributed by atoms with Gasteiger partial charge in [0.25, 0.3) is 5.91 Å². The lowest BCUT2D eigenvalue weighted by molar-refractivity contribution is 0.100. The number of anilines is 2. The molecule has 31 heavy (non-hydrogen) atoms. The van der Waals surface area contributed by atoms with Crippen LogP contribution in [0, 0.1) is 13.8 Å². The third-order valence-electron chi connectivity index (χ3n) is 5.37. The van der Waals surface area contributed by atoms with E-state index in [1.165, 1.54) is 6.20 Å². The van der Waals surface area contributed by atoms with E-state index in [1.54, 1.807) is 6.20 Å². The van der Waals surface area contributed by atoms with Gasteiger partial charge in [-0.25, -0.2) is 4.98 Å². The van der Waals surface area contributed by atoms with E-state index in [4.69, 9.17) is 10.3 Å². The number of pyridine rings is 2. The van der Waals surface area contributed by atoms with Crippen molar-refractivity contribution in [1.82, 2.24) is 15.1 Å². The van der Waals surface area contributed by atoms with Gasteiger partial charge in [-0.15, -0.1) is 0 Å². The highest BCUT2D eigenvalue weighted by atomic mass is 16.5. The highest BCUT2D eigenvalue weighted by Crippen LogP contribution is 2.34. The molecule has 5 aromatic rings. The number of hydrogen-bond acceptors (Lipinski definition) is 6. The standard InChI is InChI=1S/C24H19N5O2/c1-13-21(14(2)31-29-13)16-7-8-18-20(11-16)27-12-19(23(25)30)22(18)28-24-17-6-4-3-5-15(17)9-10-26-24/h3-12H,1-2H3,(H2,25,30)(H,26,27,28). The number of nitrogens with two attached hydrogens (primary N) is 1. The van der Waals surface area contributed by atoms with Crippen LogP contribution < -0.4 is 11.1 Å². The summed E-state index contributed by atoms with van der Waals surface area (Å²) in [4.78, 5) is 21.1. The molecule has 0 bridgehead atoms. The summed E-state index contributed by atoms with van der Waals surface area (Å²) in [5, 5.41) is 10.1. The molecule has 5 rings (SSSR count). The lowest BCUT2D eigenvalue weighted by Gasteiger charge is -2.14. The molecule has 3 N–H and O–H groups in total. The smallest absolute Gasteiger partial charge is 0.252 e. The molecule has 0 unspecified atom stereocenters. The van der Waals surface area contributed by atoms with Crippen molar-refractivity contribution in [3.05, 3.63) is 77.9 Å². The average Bonchev–Trinajstić information content (AvgIpc) is 3.11. The molecular weight excluding hydrogens is 390 g/mol. The fraction of sp³-hybridized carbons (Fsp3) is 0.0833. The minimum Gasteiger partial charge on any atom is -0.365 e. The van der Waals surface area contributed by atoms with Gasteiger partial charge in [-0.3, -0.25) is 9.78 Å². The molecule has 0 aliphatic heterocycles. The Balaban J connectivity index is 1.70. The highest BCUT2D eigenvalue weighted by molar-refractivity contribution is 6.09. The Morgan fingerprint density at radius 3 is 2.65 bits per heavy atom. The number of carbonyl (C=O) groups excluding carboxylic acids is 1. The van der Waals surface area contributed by atoms with Gasteiger partial charge >= 0.3 is 0 Å². The minimum absolute atomic E-state index is 0.298. The summed E-state index contributed by atoms with van der Waals surface area (Å²) in [6, 6.07) is 15.7. The van der Waals surface area contributed by atoms with E-state index in [0.717, 1.165) is 38.7 Å². The van der Waals surface area contributed by atoms with Gasteiger partial charge in [0.1, 0.15) is 11.6 Å². The molecular formula is C24H19N5O2. The van der Waals surface area contributed by atoms with Crippen molar-refractivity contribution < 1.29 is 9.32 Å². The summed E-state index contributed by atoms with van der Waals surface area (Å²) in [6.45, 7) is 3.78. The second kappa shape index (κ2) is 7.21. The SMILES string of the molecule is Cc1noc(C)c1-c1ccc2c(Nc3nccc4ccccc34)c(C(N)=O)cnc2c1. The molecule has 0 aliphatic rings. The van der Waals surface area contributed by atoms with Crippen LogP contribution in [0.25, 0.3) is 32.8 Å². The third kappa shape index (κ3) is 3.16. The van der Waals surface area contributed by atoms with Crippen LogP contribution in [0.5, 0.6) is 0 Å². The molecule has 0 aliphatic carbocycles. The van der Waals surface area contributed by atoms with Crippen LogP contribution in [0.3, 0.4) is 0 Å². The Hall–Kier alpha value is -4.26. The predicted molar refractivity (Wildman–Crippen MR) is 120 cm³/mol. The van der Waals surface area contributed by atoms with Crippen molar-refractivity contribution in [2.75, 3.05) is 5.32 Å². The Bertz CT molecular complexity index is 1450. The topological polar surface area (TPSA) is 107 Å². The first-order valence-corrected chi connectivity index (χ1v) is 9.79. The van der Waals surface area contributed by atoms with E-state index in [2.05, 4.69) is 20.4 Å². The van der Waals surface area contributed by atoms with Gasteiger partial charge in [0.05, 0.1) is 22.5 Å². The van der Waals surface area contributed by atoms with Gasteiger partial charge in [-0.2, -0.15) is 0 Å². The number of fused-ring (bicyclic) bond motifs is 2. The van der Waals surface area contributed by atoms with Crippen LogP contribution >= 0.6 is 0 Å². The number of carbonyl (C=O) groups is 1. The molecule has 7 heteroatoms.